The number of alkyl carbamates (subject to hydrolysis) is 1. The van der Waals surface area contributed by atoms with Gasteiger partial charge in [0.05, 0.1) is 6.54 Å². The average molecular weight is 258 g/mol. The number of carbonyl (C=O) groups is 3. The second-order valence-corrected chi connectivity index (χ2v) is 4.98. The fourth-order valence-electron chi connectivity index (χ4n) is 1.01. The van der Waals surface area contributed by atoms with Gasteiger partial charge in [0.2, 0.25) is 5.91 Å². The van der Waals surface area contributed by atoms with Crippen LogP contribution in [0.1, 0.15) is 41.0 Å². The summed E-state index contributed by atoms with van der Waals surface area (Å²) in [7, 11) is 0. The minimum atomic E-state index is -0.746. The summed E-state index contributed by atoms with van der Waals surface area (Å²) in [5.41, 5.74) is -0.613. The fourth-order valence-corrected chi connectivity index (χ4v) is 1.01. The Kier molecular flexibility index (Phi) is 6.36. The number of nitrogens with one attached hydrogen (secondary N) is 2. The molecule has 0 rings (SSSR count). The first-order valence-corrected chi connectivity index (χ1v) is 5.94. The number of ether oxygens (including phenoxy) is 1. The molecule has 0 aromatic carbocycles. The number of carbonyl (C=O) groups excluding carboxylic acids is 3. The highest BCUT2D eigenvalue weighted by atomic mass is 16.6. The second-order valence-electron chi connectivity index (χ2n) is 4.98. The van der Waals surface area contributed by atoms with E-state index in [2.05, 4.69) is 10.6 Å². The summed E-state index contributed by atoms with van der Waals surface area (Å²) in [6, 6.07) is -0.746. The highest BCUT2D eigenvalue weighted by Crippen LogP contribution is 2.06. The smallest absolute Gasteiger partial charge is 0.408 e. The maximum absolute atomic E-state index is 11.5. The number of hydrogen-bond acceptors (Lipinski definition) is 4. The Morgan fingerprint density at radius 1 is 1.22 bits per heavy atom. The molecule has 0 unspecified atom stereocenters. The zero-order chi connectivity index (χ0) is 14.3. The Balaban J connectivity index is 4.08. The van der Waals surface area contributed by atoms with Gasteiger partial charge in [0.15, 0.2) is 5.78 Å². The normalized spacial score (nSPS) is 12.5. The van der Waals surface area contributed by atoms with Crippen LogP contribution < -0.4 is 10.6 Å². The first kappa shape index (κ1) is 16.4. The molecule has 0 fully saturated rings. The fraction of sp³-hybridized carbons (Fsp3) is 0.750. The minimum absolute atomic E-state index is 0.0182. The van der Waals surface area contributed by atoms with Gasteiger partial charge in [-0.15, -0.1) is 0 Å². The molecule has 0 bridgehead atoms. The van der Waals surface area contributed by atoms with Gasteiger partial charge >= 0.3 is 6.09 Å². The first-order chi connectivity index (χ1) is 8.15. The number of rotatable bonds is 5. The quantitative estimate of drug-likeness (QED) is 0.770. The monoisotopic (exact) mass is 258 g/mol. The summed E-state index contributed by atoms with van der Waals surface area (Å²) >= 11 is 0. The molecule has 0 saturated heterocycles. The van der Waals surface area contributed by atoms with Gasteiger partial charge in [-0.25, -0.2) is 4.79 Å². The number of amides is 2. The van der Waals surface area contributed by atoms with E-state index in [1.54, 1.807) is 27.7 Å². The van der Waals surface area contributed by atoms with Crippen molar-refractivity contribution in [2.75, 3.05) is 6.54 Å². The summed E-state index contributed by atoms with van der Waals surface area (Å²) in [6.07, 6.45) is -0.291. The van der Waals surface area contributed by atoms with Gasteiger partial charge in [-0.1, -0.05) is 6.92 Å². The van der Waals surface area contributed by atoms with Crippen molar-refractivity contribution in [3.63, 3.8) is 0 Å². The zero-order valence-corrected chi connectivity index (χ0v) is 11.6. The standard InChI is InChI=1S/C12H22N2O4/c1-6-9(15)7-13-10(16)8(2)14-11(17)18-12(3,4)5/h8H,6-7H2,1-5H3,(H,13,16)(H,14,17)/t8-/m0/s1. The van der Waals surface area contributed by atoms with Crippen molar-refractivity contribution in [2.45, 2.75) is 52.7 Å². The van der Waals surface area contributed by atoms with E-state index < -0.39 is 23.6 Å². The number of hydrogen-bond donors (Lipinski definition) is 2. The zero-order valence-electron chi connectivity index (χ0n) is 11.6. The Bertz CT molecular complexity index is 321. The van der Waals surface area contributed by atoms with E-state index in [1.807, 2.05) is 0 Å². The molecular weight excluding hydrogens is 236 g/mol. The third kappa shape index (κ3) is 7.65. The largest absolute Gasteiger partial charge is 0.444 e. The van der Waals surface area contributed by atoms with Crippen molar-refractivity contribution < 1.29 is 19.1 Å². The molecule has 1 atom stereocenters. The maximum atomic E-state index is 11.5. The second kappa shape index (κ2) is 6.98. The highest BCUT2D eigenvalue weighted by molar-refractivity contribution is 5.89. The maximum Gasteiger partial charge on any atom is 0.408 e. The van der Waals surface area contributed by atoms with E-state index in [0.717, 1.165) is 0 Å². The Hall–Kier alpha value is -1.59. The van der Waals surface area contributed by atoms with Crippen molar-refractivity contribution in [3.8, 4) is 0 Å². The molecule has 0 aliphatic heterocycles. The first-order valence-electron chi connectivity index (χ1n) is 5.94. The summed E-state index contributed by atoms with van der Waals surface area (Å²) in [5, 5.41) is 4.84. The van der Waals surface area contributed by atoms with Crippen LogP contribution in [0.5, 0.6) is 0 Å². The molecule has 0 radical (unpaired) electrons. The number of ketones is 1. The molecule has 0 aromatic rings. The highest BCUT2D eigenvalue weighted by Gasteiger charge is 2.20. The van der Waals surface area contributed by atoms with Crippen LogP contribution >= 0.6 is 0 Å². The average Bonchev–Trinajstić information content (AvgIpc) is 2.22. The third-order valence-electron chi connectivity index (χ3n) is 1.98. The Labute approximate surface area is 107 Å². The van der Waals surface area contributed by atoms with E-state index in [-0.39, 0.29) is 12.3 Å². The van der Waals surface area contributed by atoms with Crippen molar-refractivity contribution in [2.24, 2.45) is 0 Å². The van der Waals surface area contributed by atoms with E-state index in [0.29, 0.717) is 6.42 Å². The van der Waals surface area contributed by atoms with Gasteiger partial charge in [-0.05, 0) is 27.7 Å². The van der Waals surface area contributed by atoms with Crippen LogP contribution in [0, 0.1) is 0 Å². The molecule has 0 saturated carbocycles. The van der Waals surface area contributed by atoms with Gasteiger partial charge in [0.25, 0.3) is 0 Å². The van der Waals surface area contributed by atoms with Crippen LogP contribution in [-0.4, -0.2) is 36.0 Å². The summed E-state index contributed by atoms with van der Waals surface area (Å²) in [4.78, 5) is 33.9. The van der Waals surface area contributed by atoms with Crippen LogP contribution in [-0.2, 0) is 14.3 Å². The van der Waals surface area contributed by atoms with Crippen LogP contribution in [0.3, 0.4) is 0 Å². The molecule has 6 heteroatoms. The molecule has 104 valence electrons. The van der Waals surface area contributed by atoms with E-state index in [1.165, 1.54) is 6.92 Å². The van der Waals surface area contributed by atoms with Crippen molar-refractivity contribution in [3.05, 3.63) is 0 Å². The molecule has 0 heterocycles. The van der Waals surface area contributed by atoms with Gasteiger partial charge in [0.1, 0.15) is 11.6 Å². The lowest BCUT2D eigenvalue weighted by molar-refractivity contribution is -0.126. The van der Waals surface area contributed by atoms with E-state index in [4.69, 9.17) is 4.74 Å². The number of Topliss-reactive ketones (excluding diaryl/α,β-unsaturated/α-hetero) is 1. The molecule has 2 N–H and O–H groups in total. The summed E-state index contributed by atoms with van der Waals surface area (Å²) < 4.78 is 5.01. The van der Waals surface area contributed by atoms with Gasteiger partial charge in [-0.2, -0.15) is 0 Å². The molecule has 18 heavy (non-hydrogen) atoms. The predicted octanol–water partition coefficient (Wildman–Crippen LogP) is 0.995. The SMILES string of the molecule is CCC(=O)CNC(=O)[C@H](C)NC(=O)OC(C)(C)C. The Morgan fingerprint density at radius 3 is 2.22 bits per heavy atom. The van der Waals surface area contributed by atoms with E-state index >= 15 is 0 Å². The molecule has 0 aromatic heterocycles. The van der Waals surface area contributed by atoms with E-state index in [9.17, 15) is 14.4 Å². The Morgan fingerprint density at radius 2 is 1.78 bits per heavy atom. The lowest BCUT2D eigenvalue weighted by Crippen LogP contribution is -2.47. The molecule has 0 aliphatic carbocycles. The molecule has 6 nitrogen and oxygen atoms in total. The van der Waals surface area contributed by atoms with Gasteiger partial charge in [0, 0.05) is 6.42 Å². The van der Waals surface area contributed by atoms with Crippen LogP contribution in [0.2, 0.25) is 0 Å². The molecule has 2 amide bonds. The molecule has 0 aliphatic rings. The van der Waals surface area contributed by atoms with Crippen molar-refractivity contribution >= 4 is 17.8 Å². The summed E-state index contributed by atoms with van der Waals surface area (Å²) in [6.45, 7) is 8.42. The molecular formula is C12H22N2O4. The molecule has 0 spiro atoms. The van der Waals surface area contributed by atoms with Crippen molar-refractivity contribution in [1.82, 2.24) is 10.6 Å². The van der Waals surface area contributed by atoms with Crippen LogP contribution in [0.25, 0.3) is 0 Å². The predicted molar refractivity (Wildman–Crippen MR) is 67.1 cm³/mol. The van der Waals surface area contributed by atoms with Crippen molar-refractivity contribution in [1.29, 1.82) is 0 Å². The lowest BCUT2D eigenvalue weighted by atomic mass is 10.2. The minimum Gasteiger partial charge on any atom is -0.444 e. The summed E-state index contributed by atoms with van der Waals surface area (Å²) in [5.74, 6) is -0.476. The van der Waals surface area contributed by atoms with Gasteiger partial charge in [-0.3, -0.25) is 9.59 Å². The van der Waals surface area contributed by atoms with Gasteiger partial charge < -0.3 is 15.4 Å². The third-order valence-corrected chi connectivity index (χ3v) is 1.98. The van der Waals surface area contributed by atoms with Crippen LogP contribution in [0.15, 0.2) is 0 Å². The topological polar surface area (TPSA) is 84.5 Å². The lowest BCUT2D eigenvalue weighted by Gasteiger charge is -2.21. The van der Waals surface area contributed by atoms with Crippen LogP contribution in [0.4, 0.5) is 4.79 Å².